The lowest BCUT2D eigenvalue weighted by atomic mass is 10.4. The van der Waals surface area contributed by atoms with Gasteiger partial charge in [-0.2, -0.15) is 0 Å². The van der Waals surface area contributed by atoms with E-state index in [4.69, 9.17) is 5.11 Å². The van der Waals surface area contributed by atoms with Crippen LogP contribution in [0.4, 0.5) is 5.13 Å². The number of carboxylic acids is 1. The first-order valence-electron chi connectivity index (χ1n) is 2.95. The number of hydrogen-bond acceptors (Lipinski definition) is 5. The molecule has 5 nitrogen and oxygen atoms in total. The molecule has 1 rings (SSSR count). The normalized spacial score (nSPS) is 12.5. The van der Waals surface area contributed by atoms with Gasteiger partial charge >= 0.3 is 5.97 Å². The molecular formula is C5H7N3O2S. The van der Waals surface area contributed by atoms with E-state index in [0.29, 0.717) is 5.13 Å². The number of anilines is 1. The number of carbonyl (C=O) groups is 1. The van der Waals surface area contributed by atoms with Crippen molar-refractivity contribution in [2.75, 3.05) is 5.32 Å². The third kappa shape index (κ3) is 2.15. The molecule has 1 unspecified atom stereocenters. The molecule has 0 aromatic carbocycles. The van der Waals surface area contributed by atoms with Gasteiger partial charge in [-0.25, -0.2) is 0 Å². The zero-order chi connectivity index (χ0) is 8.27. The van der Waals surface area contributed by atoms with E-state index in [1.54, 1.807) is 6.92 Å². The second kappa shape index (κ2) is 3.29. The molecule has 0 aliphatic heterocycles. The number of aliphatic carboxylic acids is 1. The average molecular weight is 173 g/mol. The van der Waals surface area contributed by atoms with Crippen molar-refractivity contribution in [3.8, 4) is 0 Å². The van der Waals surface area contributed by atoms with E-state index < -0.39 is 12.0 Å². The van der Waals surface area contributed by atoms with Crippen LogP contribution in [-0.2, 0) is 4.79 Å². The van der Waals surface area contributed by atoms with Gasteiger partial charge < -0.3 is 10.4 Å². The second-order valence-corrected chi connectivity index (χ2v) is 2.78. The highest BCUT2D eigenvalue weighted by atomic mass is 32.1. The van der Waals surface area contributed by atoms with Gasteiger partial charge in [-0.05, 0) is 6.92 Å². The lowest BCUT2D eigenvalue weighted by molar-refractivity contribution is -0.137. The molecule has 0 spiro atoms. The molecule has 1 aromatic rings. The quantitative estimate of drug-likeness (QED) is 0.693. The molecule has 0 aliphatic carbocycles. The Hall–Kier alpha value is -1.17. The topological polar surface area (TPSA) is 75.1 Å². The van der Waals surface area contributed by atoms with E-state index in [9.17, 15) is 4.79 Å². The van der Waals surface area contributed by atoms with E-state index in [-0.39, 0.29) is 0 Å². The fourth-order valence-electron chi connectivity index (χ4n) is 0.483. The lowest BCUT2D eigenvalue weighted by Gasteiger charge is -2.04. The van der Waals surface area contributed by atoms with E-state index in [2.05, 4.69) is 15.5 Å². The molecular weight excluding hydrogens is 166 g/mol. The van der Waals surface area contributed by atoms with Gasteiger partial charge in [0.2, 0.25) is 5.13 Å². The Labute approximate surface area is 67.1 Å². The summed E-state index contributed by atoms with van der Waals surface area (Å²) in [6.45, 7) is 1.55. The monoisotopic (exact) mass is 173 g/mol. The summed E-state index contributed by atoms with van der Waals surface area (Å²) < 4.78 is 0. The van der Waals surface area contributed by atoms with Crippen molar-refractivity contribution >= 4 is 22.4 Å². The van der Waals surface area contributed by atoms with Gasteiger partial charge in [0.15, 0.2) is 0 Å². The highest BCUT2D eigenvalue weighted by Gasteiger charge is 2.10. The van der Waals surface area contributed by atoms with Crippen molar-refractivity contribution in [2.45, 2.75) is 13.0 Å². The van der Waals surface area contributed by atoms with Crippen LogP contribution in [-0.4, -0.2) is 27.3 Å². The van der Waals surface area contributed by atoms with Gasteiger partial charge in [0.1, 0.15) is 11.6 Å². The number of nitrogens with one attached hydrogen (secondary N) is 1. The minimum atomic E-state index is -0.903. The molecule has 0 aliphatic rings. The Kier molecular flexibility index (Phi) is 2.37. The van der Waals surface area contributed by atoms with E-state index in [1.165, 1.54) is 16.8 Å². The Balaban J connectivity index is 2.50. The van der Waals surface area contributed by atoms with Gasteiger partial charge in [-0.15, -0.1) is 10.2 Å². The summed E-state index contributed by atoms with van der Waals surface area (Å²) in [5, 5.41) is 18.8. The number of aromatic nitrogens is 2. The molecule has 0 saturated heterocycles. The Morgan fingerprint density at radius 3 is 3.09 bits per heavy atom. The molecule has 1 atom stereocenters. The number of rotatable bonds is 3. The zero-order valence-corrected chi connectivity index (χ0v) is 6.63. The third-order valence-electron chi connectivity index (χ3n) is 1.07. The van der Waals surface area contributed by atoms with Crippen molar-refractivity contribution in [3.05, 3.63) is 5.51 Å². The summed E-state index contributed by atoms with van der Waals surface area (Å²) in [7, 11) is 0. The number of hydrogen-bond donors (Lipinski definition) is 2. The summed E-state index contributed by atoms with van der Waals surface area (Å²) in [4.78, 5) is 10.3. The molecule has 0 amide bonds. The molecule has 60 valence electrons. The van der Waals surface area contributed by atoms with Gasteiger partial charge in [-0.1, -0.05) is 11.3 Å². The van der Waals surface area contributed by atoms with E-state index in [0.717, 1.165) is 0 Å². The molecule has 0 bridgehead atoms. The first-order valence-corrected chi connectivity index (χ1v) is 3.83. The fourth-order valence-corrected chi connectivity index (χ4v) is 1.02. The van der Waals surface area contributed by atoms with Crippen molar-refractivity contribution in [2.24, 2.45) is 0 Å². The fraction of sp³-hybridized carbons (Fsp3) is 0.400. The molecule has 0 radical (unpaired) electrons. The van der Waals surface area contributed by atoms with Crippen molar-refractivity contribution < 1.29 is 9.90 Å². The molecule has 0 fully saturated rings. The van der Waals surface area contributed by atoms with Crippen LogP contribution in [0.3, 0.4) is 0 Å². The summed E-state index contributed by atoms with van der Waals surface area (Å²) in [5.74, 6) is -0.903. The summed E-state index contributed by atoms with van der Waals surface area (Å²) in [5.41, 5.74) is 1.54. The summed E-state index contributed by atoms with van der Waals surface area (Å²) >= 11 is 1.27. The van der Waals surface area contributed by atoms with Crippen LogP contribution in [0.25, 0.3) is 0 Å². The average Bonchev–Trinajstić information content (AvgIpc) is 2.39. The smallest absolute Gasteiger partial charge is 0.325 e. The Bertz CT molecular complexity index is 236. The van der Waals surface area contributed by atoms with Gasteiger partial charge in [0.05, 0.1) is 0 Å². The van der Waals surface area contributed by atoms with Crippen LogP contribution in [0, 0.1) is 0 Å². The van der Waals surface area contributed by atoms with Crippen molar-refractivity contribution in [1.82, 2.24) is 10.2 Å². The molecule has 2 N–H and O–H groups in total. The highest BCUT2D eigenvalue weighted by molar-refractivity contribution is 7.13. The lowest BCUT2D eigenvalue weighted by Crippen LogP contribution is -2.25. The SMILES string of the molecule is CC(Nc1nncs1)C(=O)O. The zero-order valence-electron chi connectivity index (χ0n) is 5.81. The summed E-state index contributed by atoms with van der Waals surface area (Å²) in [6.07, 6.45) is 0. The minimum Gasteiger partial charge on any atom is -0.480 e. The van der Waals surface area contributed by atoms with Crippen LogP contribution < -0.4 is 5.32 Å². The standard InChI is InChI=1S/C5H7N3O2S/c1-3(4(9)10)7-5-8-6-2-11-5/h2-3H,1H3,(H,7,8)(H,9,10). The molecule has 6 heteroatoms. The molecule has 0 saturated carbocycles. The number of carboxylic acid groups (broad SMARTS) is 1. The van der Waals surface area contributed by atoms with Gasteiger partial charge in [0.25, 0.3) is 0 Å². The van der Waals surface area contributed by atoms with Crippen LogP contribution in [0.2, 0.25) is 0 Å². The Morgan fingerprint density at radius 2 is 2.64 bits per heavy atom. The largest absolute Gasteiger partial charge is 0.480 e. The third-order valence-corrected chi connectivity index (χ3v) is 1.69. The second-order valence-electron chi connectivity index (χ2n) is 1.95. The first-order chi connectivity index (χ1) is 5.20. The van der Waals surface area contributed by atoms with E-state index in [1.807, 2.05) is 0 Å². The maximum Gasteiger partial charge on any atom is 0.325 e. The van der Waals surface area contributed by atoms with Crippen molar-refractivity contribution in [1.29, 1.82) is 0 Å². The predicted octanol–water partition coefficient (Wildman–Crippen LogP) is 0.423. The van der Waals surface area contributed by atoms with Gasteiger partial charge in [-0.3, -0.25) is 4.79 Å². The minimum absolute atomic E-state index is 0.528. The maximum absolute atomic E-state index is 10.3. The number of nitrogens with zero attached hydrogens (tertiary/aromatic N) is 2. The predicted molar refractivity (Wildman–Crippen MR) is 40.6 cm³/mol. The maximum atomic E-state index is 10.3. The van der Waals surface area contributed by atoms with Crippen LogP contribution in [0.1, 0.15) is 6.92 Å². The van der Waals surface area contributed by atoms with Crippen LogP contribution in [0.15, 0.2) is 5.51 Å². The van der Waals surface area contributed by atoms with Gasteiger partial charge in [0, 0.05) is 0 Å². The first kappa shape index (κ1) is 7.93. The van der Waals surface area contributed by atoms with Crippen LogP contribution in [0.5, 0.6) is 0 Å². The van der Waals surface area contributed by atoms with E-state index >= 15 is 0 Å². The molecule has 1 heterocycles. The highest BCUT2D eigenvalue weighted by Crippen LogP contribution is 2.08. The van der Waals surface area contributed by atoms with Crippen molar-refractivity contribution in [3.63, 3.8) is 0 Å². The molecule has 11 heavy (non-hydrogen) atoms. The summed E-state index contributed by atoms with van der Waals surface area (Å²) in [6, 6.07) is -0.622. The van der Waals surface area contributed by atoms with Crippen LogP contribution >= 0.6 is 11.3 Å². The Morgan fingerprint density at radius 1 is 1.91 bits per heavy atom. The molecule has 1 aromatic heterocycles.